The van der Waals surface area contributed by atoms with Gasteiger partial charge in [-0.05, 0) is 30.7 Å². The maximum absolute atomic E-state index is 12.4. The summed E-state index contributed by atoms with van der Waals surface area (Å²) < 4.78 is 7.64. The Balaban J connectivity index is 1.52. The summed E-state index contributed by atoms with van der Waals surface area (Å²) >= 11 is 4.65. The summed E-state index contributed by atoms with van der Waals surface area (Å²) in [5.74, 6) is 2.55. The molecule has 5 nitrogen and oxygen atoms in total. The normalized spacial score (nSPS) is 10.6. The lowest BCUT2D eigenvalue weighted by Gasteiger charge is -2.11. The molecule has 1 N–H and O–H groups in total. The number of para-hydroxylation sites is 3. The van der Waals surface area contributed by atoms with Gasteiger partial charge in [0.1, 0.15) is 5.75 Å². The molecule has 0 radical (unpaired) electrons. The van der Waals surface area contributed by atoms with Gasteiger partial charge in [0.2, 0.25) is 5.91 Å². The Labute approximate surface area is 177 Å². The Morgan fingerprint density at radius 1 is 1.04 bits per heavy atom. The molecule has 0 saturated heterocycles. The fourth-order valence-electron chi connectivity index (χ4n) is 2.21. The van der Waals surface area contributed by atoms with Gasteiger partial charge in [-0.25, -0.2) is 0 Å². The van der Waals surface area contributed by atoms with Crippen molar-refractivity contribution in [2.24, 2.45) is 0 Å². The molecule has 8 heteroatoms. The van der Waals surface area contributed by atoms with E-state index in [0.29, 0.717) is 11.4 Å². The summed E-state index contributed by atoms with van der Waals surface area (Å²) in [6.45, 7) is 2.17. The predicted octanol–water partition coefficient (Wildman–Crippen LogP) is 5.95. The molecule has 0 aliphatic carbocycles. The molecule has 0 saturated carbocycles. The number of aromatic nitrogens is 2. The highest BCUT2D eigenvalue weighted by Gasteiger charge is 2.11. The third-order valence-electron chi connectivity index (χ3n) is 3.57. The van der Waals surface area contributed by atoms with Crippen LogP contribution in [0.25, 0.3) is 0 Å². The van der Waals surface area contributed by atoms with Crippen LogP contribution in [-0.4, -0.2) is 27.6 Å². The first kappa shape index (κ1) is 20.7. The number of anilines is 1. The number of benzene rings is 2. The maximum Gasteiger partial charge on any atom is 0.234 e. The zero-order chi connectivity index (χ0) is 19.6. The second-order valence-electron chi connectivity index (χ2n) is 5.78. The molecule has 0 spiro atoms. The van der Waals surface area contributed by atoms with E-state index < -0.39 is 0 Å². The minimum absolute atomic E-state index is 0.107. The van der Waals surface area contributed by atoms with Crippen LogP contribution in [0.2, 0.25) is 0 Å². The van der Waals surface area contributed by atoms with Crippen molar-refractivity contribution < 1.29 is 9.53 Å². The standard InChI is InChI=1S/C20H21N3O2S3/c1-2-3-13-26-19-22-23-20(28-19)27-14-18(24)21-16-11-7-8-12-17(16)25-15-9-5-4-6-10-15/h4-12H,2-3,13-14H2,1H3,(H,21,24). The quantitative estimate of drug-likeness (QED) is 0.316. The first-order chi connectivity index (χ1) is 13.7. The molecule has 0 fully saturated rings. The zero-order valence-corrected chi connectivity index (χ0v) is 17.9. The third kappa shape index (κ3) is 6.54. The molecule has 0 unspecified atom stereocenters. The second kappa shape index (κ2) is 11.1. The summed E-state index contributed by atoms with van der Waals surface area (Å²) in [6, 6.07) is 16.9. The van der Waals surface area contributed by atoms with Gasteiger partial charge >= 0.3 is 0 Å². The molecule has 0 aliphatic rings. The Morgan fingerprint density at radius 3 is 2.54 bits per heavy atom. The average Bonchev–Trinajstić information content (AvgIpc) is 3.17. The second-order valence-corrected chi connectivity index (χ2v) is 9.33. The minimum atomic E-state index is -0.107. The molecular formula is C20H21N3O2S3. The number of nitrogens with one attached hydrogen (secondary N) is 1. The summed E-state index contributed by atoms with van der Waals surface area (Å²) in [5.41, 5.74) is 0.644. The summed E-state index contributed by atoms with van der Waals surface area (Å²) in [5, 5.41) is 11.2. The third-order valence-corrected chi connectivity index (χ3v) is 6.85. The lowest BCUT2D eigenvalue weighted by molar-refractivity contribution is -0.113. The van der Waals surface area contributed by atoms with Crippen molar-refractivity contribution in [3.8, 4) is 11.5 Å². The fraction of sp³-hybridized carbons (Fsp3) is 0.250. The van der Waals surface area contributed by atoms with Gasteiger partial charge in [0.25, 0.3) is 0 Å². The van der Waals surface area contributed by atoms with Crippen molar-refractivity contribution in [3.05, 3.63) is 54.6 Å². The van der Waals surface area contributed by atoms with E-state index in [1.54, 1.807) is 11.8 Å². The number of hydrogen-bond acceptors (Lipinski definition) is 7. The van der Waals surface area contributed by atoms with E-state index in [4.69, 9.17) is 4.74 Å². The average molecular weight is 432 g/mol. The smallest absolute Gasteiger partial charge is 0.234 e. The summed E-state index contributed by atoms with van der Waals surface area (Å²) in [6.07, 6.45) is 2.34. The number of carbonyl (C=O) groups is 1. The van der Waals surface area contributed by atoms with Gasteiger partial charge in [0.15, 0.2) is 14.4 Å². The first-order valence-corrected chi connectivity index (χ1v) is 11.7. The van der Waals surface area contributed by atoms with E-state index in [1.807, 2.05) is 54.6 Å². The van der Waals surface area contributed by atoms with E-state index in [1.165, 1.54) is 35.9 Å². The maximum atomic E-state index is 12.4. The molecule has 1 heterocycles. The van der Waals surface area contributed by atoms with Crippen LogP contribution in [0.3, 0.4) is 0 Å². The molecule has 2 aromatic carbocycles. The number of nitrogens with zero attached hydrogens (tertiary/aromatic N) is 2. The molecule has 3 aromatic rings. The molecule has 1 aromatic heterocycles. The summed E-state index contributed by atoms with van der Waals surface area (Å²) in [7, 11) is 0. The highest BCUT2D eigenvalue weighted by Crippen LogP contribution is 2.31. The van der Waals surface area contributed by atoms with Crippen molar-refractivity contribution in [2.45, 2.75) is 28.4 Å². The first-order valence-electron chi connectivity index (χ1n) is 8.95. The molecule has 0 aliphatic heterocycles. The van der Waals surface area contributed by atoms with Crippen LogP contribution in [0.1, 0.15) is 19.8 Å². The van der Waals surface area contributed by atoms with Crippen molar-refractivity contribution in [3.63, 3.8) is 0 Å². The van der Waals surface area contributed by atoms with E-state index >= 15 is 0 Å². The van der Waals surface area contributed by atoms with Crippen molar-refractivity contribution in [1.82, 2.24) is 10.2 Å². The number of unbranched alkanes of at least 4 members (excludes halogenated alkanes) is 1. The number of carbonyl (C=O) groups excluding carboxylic acids is 1. The van der Waals surface area contributed by atoms with Gasteiger partial charge in [-0.15, -0.1) is 10.2 Å². The number of ether oxygens (including phenoxy) is 1. The molecule has 146 valence electrons. The van der Waals surface area contributed by atoms with Gasteiger partial charge in [-0.1, -0.05) is 78.5 Å². The van der Waals surface area contributed by atoms with E-state index in [0.717, 1.165) is 20.2 Å². The number of hydrogen-bond donors (Lipinski definition) is 1. The fourth-order valence-corrected chi connectivity index (χ4v) is 5.18. The van der Waals surface area contributed by atoms with E-state index in [-0.39, 0.29) is 11.7 Å². The van der Waals surface area contributed by atoms with Gasteiger partial charge in [0.05, 0.1) is 11.4 Å². The SMILES string of the molecule is CCCCSc1nnc(SCC(=O)Nc2ccccc2Oc2ccccc2)s1. The van der Waals surface area contributed by atoms with Crippen molar-refractivity contribution in [1.29, 1.82) is 0 Å². The molecule has 28 heavy (non-hydrogen) atoms. The van der Waals surface area contributed by atoms with Crippen LogP contribution in [0.4, 0.5) is 5.69 Å². The highest BCUT2D eigenvalue weighted by molar-refractivity contribution is 8.03. The monoisotopic (exact) mass is 431 g/mol. The van der Waals surface area contributed by atoms with Gasteiger partial charge in [0, 0.05) is 5.75 Å². The topological polar surface area (TPSA) is 64.1 Å². The van der Waals surface area contributed by atoms with Crippen LogP contribution in [-0.2, 0) is 4.79 Å². The molecule has 3 rings (SSSR count). The van der Waals surface area contributed by atoms with Crippen LogP contribution in [0, 0.1) is 0 Å². The van der Waals surface area contributed by atoms with Gasteiger partial charge in [-0.3, -0.25) is 4.79 Å². The predicted molar refractivity (Wildman–Crippen MR) is 118 cm³/mol. The van der Waals surface area contributed by atoms with Crippen LogP contribution >= 0.6 is 34.9 Å². The van der Waals surface area contributed by atoms with E-state index in [9.17, 15) is 4.79 Å². The van der Waals surface area contributed by atoms with Crippen LogP contribution in [0.15, 0.2) is 63.3 Å². The lowest BCUT2D eigenvalue weighted by atomic mass is 10.3. The van der Waals surface area contributed by atoms with Gasteiger partial charge in [-0.2, -0.15) is 0 Å². The van der Waals surface area contributed by atoms with Crippen molar-refractivity contribution in [2.75, 3.05) is 16.8 Å². The minimum Gasteiger partial charge on any atom is -0.455 e. The largest absolute Gasteiger partial charge is 0.455 e. The molecule has 0 atom stereocenters. The summed E-state index contributed by atoms with van der Waals surface area (Å²) in [4.78, 5) is 12.4. The lowest BCUT2D eigenvalue weighted by Crippen LogP contribution is -2.14. The van der Waals surface area contributed by atoms with Gasteiger partial charge < -0.3 is 10.1 Å². The molecule has 1 amide bonds. The highest BCUT2D eigenvalue weighted by atomic mass is 32.2. The zero-order valence-electron chi connectivity index (χ0n) is 15.5. The van der Waals surface area contributed by atoms with E-state index in [2.05, 4.69) is 22.4 Å². The number of amides is 1. The Hall–Kier alpha value is -2.03. The molecular weight excluding hydrogens is 410 g/mol. The van der Waals surface area contributed by atoms with Crippen LogP contribution < -0.4 is 10.1 Å². The Kier molecular flexibility index (Phi) is 8.20. The Bertz CT molecular complexity index is 887. The van der Waals surface area contributed by atoms with Crippen molar-refractivity contribution >= 4 is 46.5 Å². The number of rotatable bonds is 10. The Morgan fingerprint density at radius 2 is 1.75 bits per heavy atom. The van der Waals surface area contributed by atoms with Crippen LogP contribution in [0.5, 0.6) is 11.5 Å². The molecule has 0 bridgehead atoms. The number of thioether (sulfide) groups is 2.